The number of benzene rings is 1. The van der Waals surface area contributed by atoms with Crippen LogP contribution < -0.4 is 0 Å². The Labute approximate surface area is 241 Å². The van der Waals surface area contributed by atoms with E-state index in [1.807, 2.05) is 13.8 Å². The van der Waals surface area contributed by atoms with E-state index in [1.165, 1.54) is 12.1 Å². The zero-order valence-corrected chi connectivity index (χ0v) is 24.9. The Balaban J connectivity index is 1.47. The van der Waals surface area contributed by atoms with Crippen LogP contribution in [0, 0.1) is 35.5 Å². The number of Topliss-reactive ketones (excluding diaryl/α,β-unsaturated/α-hetero) is 2. The molecule has 222 valence electrons. The minimum atomic E-state index is -4.27. The molecular weight excluding hydrogens is 548 g/mol. The van der Waals surface area contributed by atoms with Crippen LogP contribution in [0.15, 0.2) is 40.8 Å². The molecule has 3 saturated carbocycles. The summed E-state index contributed by atoms with van der Waals surface area (Å²) in [5, 5.41) is 0. The van der Waals surface area contributed by atoms with Crippen LogP contribution in [0.2, 0.25) is 0 Å². The van der Waals surface area contributed by atoms with Crippen molar-refractivity contribution in [1.29, 1.82) is 0 Å². The van der Waals surface area contributed by atoms with E-state index in [1.54, 1.807) is 25.1 Å². The first-order valence-electron chi connectivity index (χ1n) is 14.4. The molecule has 0 heterocycles. The van der Waals surface area contributed by atoms with Crippen molar-refractivity contribution in [3.63, 3.8) is 0 Å². The van der Waals surface area contributed by atoms with Gasteiger partial charge in [-0.2, -0.15) is 8.42 Å². The maximum Gasteiger partial charge on any atom is 0.509 e. The van der Waals surface area contributed by atoms with E-state index in [0.29, 0.717) is 32.1 Å². The molecule has 0 radical (unpaired) electrons. The van der Waals surface area contributed by atoms with Crippen LogP contribution in [0.25, 0.3) is 0 Å². The molecule has 0 aliphatic heterocycles. The van der Waals surface area contributed by atoms with Gasteiger partial charge in [-0.1, -0.05) is 37.1 Å². The van der Waals surface area contributed by atoms with E-state index < -0.39 is 45.1 Å². The average molecular weight is 587 g/mol. The van der Waals surface area contributed by atoms with Gasteiger partial charge in [0.05, 0.1) is 11.5 Å². The number of hydrogen-bond acceptors (Lipinski definition) is 9. The van der Waals surface area contributed by atoms with Crippen molar-refractivity contribution in [1.82, 2.24) is 0 Å². The maximum absolute atomic E-state index is 14.0. The molecule has 0 spiro atoms. The van der Waals surface area contributed by atoms with Crippen molar-refractivity contribution < 1.29 is 41.3 Å². The molecule has 6 atom stereocenters. The molecule has 0 aromatic heterocycles. The summed E-state index contributed by atoms with van der Waals surface area (Å²) in [5.74, 6) is -1.11. The Hall–Kier alpha value is -2.85. The number of rotatable bonds is 7. The zero-order valence-electron chi connectivity index (χ0n) is 24.1. The SMILES string of the molecule is CCOC(=O)O[C@]1(C(=O)COS(=O)(=O)c2ccc(C)cc2)CC[C@H]2[C@@H]3CCC4=CC(=O)CC[C@]4(C)[C@H]3C(=O)C[C@@]21C. The first kappa shape index (κ1) is 29.6. The van der Waals surface area contributed by atoms with E-state index in [2.05, 4.69) is 6.92 Å². The molecule has 10 heteroatoms. The van der Waals surface area contributed by atoms with Crippen molar-refractivity contribution in [2.75, 3.05) is 13.2 Å². The molecule has 3 fully saturated rings. The predicted molar refractivity (Wildman–Crippen MR) is 147 cm³/mol. The highest BCUT2D eigenvalue weighted by Crippen LogP contribution is 2.67. The molecule has 4 aliphatic rings. The lowest BCUT2D eigenvalue weighted by molar-refractivity contribution is -0.174. The van der Waals surface area contributed by atoms with Gasteiger partial charge in [0.2, 0.25) is 5.78 Å². The average Bonchev–Trinajstić information content (AvgIpc) is 3.20. The minimum absolute atomic E-state index is 0.00843. The van der Waals surface area contributed by atoms with E-state index in [9.17, 15) is 27.6 Å². The van der Waals surface area contributed by atoms with Crippen molar-refractivity contribution in [2.24, 2.45) is 28.6 Å². The summed E-state index contributed by atoms with van der Waals surface area (Å²) in [5.41, 5.74) is -1.38. The van der Waals surface area contributed by atoms with Crippen LogP contribution in [0.3, 0.4) is 0 Å². The summed E-state index contributed by atoms with van der Waals surface area (Å²) in [6.07, 6.45) is 3.73. The van der Waals surface area contributed by atoms with Crippen LogP contribution in [0.1, 0.15) is 71.3 Å². The van der Waals surface area contributed by atoms with Crippen molar-refractivity contribution >= 4 is 33.6 Å². The molecule has 0 N–H and O–H groups in total. The number of hydrogen-bond donors (Lipinski definition) is 0. The Morgan fingerprint density at radius 3 is 2.41 bits per heavy atom. The summed E-state index contributed by atoms with van der Waals surface area (Å²) in [7, 11) is -4.27. The normalized spacial score (nSPS) is 34.6. The van der Waals surface area contributed by atoms with Gasteiger partial charge in [0.25, 0.3) is 10.1 Å². The highest BCUT2D eigenvalue weighted by Gasteiger charge is 2.71. The molecule has 41 heavy (non-hydrogen) atoms. The third-order valence-electron chi connectivity index (χ3n) is 10.4. The van der Waals surface area contributed by atoms with Gasteiger partial charge in [-0.15, -0.1) is 0 Å². The Bertz CT molecular complexity index is 1410. The first-order valence-corrected chi connectivity index (χ1v) is 15.8. The molecule has 0 amide bonds. The number of fused-ring (bicyclic) bond motifs is 5. The highest BCUT2D eigenvalue weighted by molar-refractivity contribution is 7.86. The minimum Gasteiger partial charge on any atom is -0.435 e. The smallest absolute Gasteiger partial charge is 0.435 e. The molecular formula is C31H38O9S. The quantitative estimate of drug-likeness (QED) is 0.324. The number of ether oxygens (including phenoxy) is 2. The van der Waals surface area contributed by atoms with Gasteiger partial charge in [-0.3, -0.25) is 18.6 Å². The molecule has 0 saturated heterocycles. The monoisotopic (exact) mass is 586 g/mol. The fourth-order valence-corrected chi connectivity index (χ4v) is 9.23. The molecule has 0 unspecified atom stereocenters. The summed E-state index contributed by atoms with van der Waals surface area (Å²) in [6.45, 7) is 6.51. The van der Waals surface area contributed by atoms with Gasteiger partial charge in [0.15, 0.2) is 11.4 Å². The van der Waals surface area contributed by atoms with Crippen molar-refractivity contribution in [3.8, 4) is 0 Å². The Morgan fingerprint density at radius 1 is 1.02 bits per heavy atom. The van der Waals surface area contributed by atoms with Gasteiger partial charge in [-0.05, 0) is 81.4 Å². The Morgan fingerprint density at radius 2 is 1.73 bits per heavy atom. The summed E-state index contributed by atoms with van der Waals surface area (Å²) in [4.78, 5) is 52.9. The lowest BCUT2D eigenvalue weighted by atomic mass is 9.46. The van der Waals surface area contributed by atoms with Crippen LogP contribution in [-0.2, 0) is 38.2 Å². The van der Waals surface area contributed by atoms with E-state index >= 15 is 0 Å². The van der Waals surface area contributed by atoms with Crippen molar-refractivity contribution in [2.45, 2.75) is 83.1 Å². The zero-order chi connectivity index (χ0) is 29.8. The second kappa shape index (κ2) is 10.5. The topological polar surface area (TPSA) is 130 Å². The number of aryl methyl sites for hydroxylation is 1. The fraction of sp³-hybridized carbons (Fsp3) is 0.613. The van der Waals surface area contributed by atoms with Gasteiger partial charge in [0, 0.05) is 24.2 Å². The Kier molecular flexibility index (Phi) is 7.56. The second-order valence-corrected chi connectivity index (χ2v) is 14.1. The number of carbonyl (C=O) groups is 4. The van der Waals surface area contributed by atoms with Crippen molar-refractivity contribution in [3.05, 3.63) is 41.5 Å². The lowest BCUT2D eigenvalue weighted by Crippen LogP contribution is -2.62. The largest absolute Gasteiger partial charge is 0.509 e. The van der Waals surface area contributed by atoms with E-state index in [-0.39, 0.29) is 53.7 Å². The fourth-order valence-electron chi connectivity index (χ4n) is 8.36. The van der Waals surface area contributed by atoms with E-state index in [0.717, 1.165) is 11.1 Å². The molecule has 0 bridgehead atoms. The van der Waals surface area contributed by atoms with Crippen LogP contribution in [-0.4, -0.2) is 50.7 Å². The van der Waals surface area contributed by atoms with E-state index in [4.69, 9.17) is 13.7 Å². The standard InChI is InChI=1S/C31H38O9S/c1-5-38-28(35)40-31(26(34)18-39-41(36,37)22-9-6-19(2)7-10-22)15-13-24-23-11-8-20-16-21(32)12-14-29(20,3)27(23)25(33)17-30(24,31)4/h6-7,9-10,16,23-24,27H,5,8,11-15,17-18H2,1-4H3/t23-,24-,27+,29-,30-,31-/m0/s1. The number of carbonyl (C=O) groups excluding carboxylic acids is 4. The molecule has 1 aromatic carbocycles. The predicted octanol–water partition coefficient (Wildman–Crippen LogP) is 4.89. The van der Waals surface area contributed by atoms with Crippen LogP contribution in [0.5, 0.6) is 0 Å². The molecule has 1 aromatic rings. The molecule has 4 aliphatic carbocycles. The summed E-state index contributed by atoms with van der Waals surface area (Å²) >= 11 is 0. The van der Waals surface area contributed by atoms with Gasteiger partial charge in [-0.25, -0.2) is 4.79 Å². The highest BCUT2D eigenvalue weighted by atomic mass is 32.2. The third kappa shape index (κ3) is 4.76. The van der Waals surface area contributed by atoms with Crippen LogP contribution >= 0.6 is 0 Å². The number of ketones is 3. The van der Waals surface area contributed by atoms with Gasteiger partial charge >= 0.3 is 6.16 Å². The molecule has 9 nitrogen and oxygen atoms in total. The number of allylic oxidation sites excluding steroid dienone is 1. The summed E-state index contributed by atoms with van der Waals surface area (Å²) in [6, 6.07) is 6.06. The van der Waals surface area contributed by atoms with Gasteiger partial charge < -0.3 is 9.47 Å². The molecule has 5 rings (SSSR count). The third-order valence-corrected chi connectivity index (χ3v) is 11.7. The van der Waals surface area contributed by atoms with Crippen LogP contribution in [0.4, 0.5) is 4.79 Å². The second-order valence-electron chi connectivity index (χ2n) is 12.5. The first-order chi connectivity index (χ1) is 19.3. The summed E-state index contributed by atoms with van der Waals surface area (Å²) < 4.78 is 41.9. The van der Waals surface area contributed by atoms with Gasteiger partial charge in [0.1, 0.15) is 12.4 Å². The maximum atomic E-state index is 14.0. The lowest BCUT2D eigenvalue weighted by Gasteiger charge is -2.57.